The molecule has 4 aliphatic rings. The van der Waals surface area contributed by atoms with Crippen LogP contribution in [0.15, 0.2) is 24.3 Å². The van der Waals surface area contributed by atoms with E-state index in [0.29, 0.717) is 18.3 Å². The minimum Gasteiger partial charge on any atom is -0.493 e. The van der Waals surface area contributed by atoms with Crippen molar-refractivity contribution >= 4 is 59.1 Å². The highest BCUT2D eigenvalue weighted by atomic mass is 32.2. The number of thioether (sulfide) groups is 2. The van der Waals surface area contributed by atoms with Crippen molar-refractivity contribution < 1.29 is 43.7 Å². The number of carboxylic acids is 2. The van der Waals surface area contributed by atoms with E-state index in [1.807, 2.05) is 13.8 Å². The number of β-lactam (4-membered cyclic amide) rings is 2. The van der Waals surface area contributed by atoms with Crippen LogP contribution in [0.4, 0.5) is 0 Å². The van der Waals surface area contributed by atoms with Crippen molar-refractivity contribution in [3.8, 4) is 5.75 Å². The molecule has 4 aliphatic heterocycles. The van der Waals surface area contributed by atoms with Crippen molar-refractivity contribution in [2.45, 2.75) is 98.8 Å². The quantitative estimate of drug-likeness (QED) is 0.236. The van der Waals surface area contributed by atoms with Gasteiger partial charge in [0.15, 0.2) is 0 Å². The van der Waals surface area contributed by atoms with Crippen molar-refractivity contribution in [1.82, 2.24) is 20.4 Å². The Labute approximate surface area is 275 Å². The fourth-order valence-corrected chi connectivity index (χ4v) is 9.80. The Bertz CT molecular complexity index is 1450. The molecule has 15 heteroatoms. The molecule has 4 heterocycles. The second-order valence-electron chi connectivity index (χ2n) is 13.7. The number of hydrogen-bond donors (Lipinski definition) is 4. The van der Waals surface area contributed by atoms with Crippen LogP contribution >= 0.6 is 23.5 Å². The standard InChI is InChI=1S/C31H40N4O9S2/c1-14(2)13-44-17-9-7-15(8-10-17)11-16(23(37)33-20-25(39)35-22(29(42)43)31(5,6)46-27(20)35)12-18(36)32-19-24(38)34-21(28(40)41)30(3,4)45-26(19)34/h7-10,14,16,19-22,26-27H,11-13H2,1-6H3,(H,32,36)(H,33,37)(H,40,41)(H,42,43). The Morgan fingerprint density at radius 2 is 1.33 bits per heavy atom. The SMILES string of the molecule is CC(C)COc1ccc(CC(CC(=O)NC2C(=O)N3C2SC(C)(C)C3C(=O)O)C(=O)NC2C(=O)N3C2SC(C)(C)C3C(=O)O)cc1. The average Bonchev–Trinajstić information content (AvgIpc) is 3.38. The van der Waals surface area contributed by atoms with Gasteiger partial charge in [0.1, 0.15) is 40.7 Å². The molecule has 0 aromatic heterocycles. The fraction of sp³-hybridized carbons (Fsp3) is 0.613. The molecule has 0 radical (unpaired) electrons. The number of ether oxygens (including phenoxy) is 1. The van der Waals surface area contributed by atoms with Gasteiger partial charge in [-0.15, -0.1) is 23.5 Å². The van der Waals surface area contributed by atoms with E-state index >= 15 is 0 Å². The minimum atomic E-state index is -1.11. The van der Waals surface area contributed by atoms with E-state index in [9.17, 15) is 39.0 Å². The summed E-state index contributed by atoms with van der Waals surface area (Å²) in [6.07, 6.45) is -0.150. The van der Waals surface area contributed by atoms with Crippen LogP contribution in [0.5, 0.6) is 5.75 Å². The Morgan fingerprint density at radius 1 is 0.848 bits per heavy atom. The van der Waals surface area contributed by atoms with Crippen LogP contribution in [0.1, 0.15) is 53.5 Å². The summed E-state index contributed by atoms with van der Waals surface area (Å²) in [6.45, 7) is 11.6. The number of carbonyl (C=O) groups is 6. The van der Waals surface area contributed by atoms with Gasteiger partial charge in [0.25, 0.3) is 0 Å². The highest BCUT2D eigenvalue weighted by molar-refractivity contribution is 8.02. The predicted octanol–water partition coefficient (Wildman–Crippen LogP) is 1.53. The zero-order valence-electron chi connectivity index (χ0n) is 26.5. The molecule has 0 bridgehead atoms. The third-order valence-corrected chi connectivity index (χ3v) is 11.9. The number of carboxylic acid groups (broad SMARTS) is 2. The van der Waals surface area contributed by atoms with Crippen LogP contribution < -0.4 is 15.4 Å². The van der Waals surface area contributed by atoms with E-state index in [1.165, 1.54) is 33.3 Å². The van der Waals surface area contributed by atoms with Crippen molar-refractivity contribution in [3.05, 3.63) is 29.8 Å². The first-order valence-electron chi connectivity index (χ1n) is 15.2. The van der Waals surface area contributed by atoms with Crippen molar-refractivity contribution in [2.24, 2.45) is 11.8 Å². The molecular formula is C31H40N4O9S2. The van der Waals surface area contributed by atoms with E-state index < -0.39 is 85.9 Å². The van der Waals surface area contributed by atoms with Gasteiger partial charge in [-0.1, -0.05) is 26.0 Å². The number of rotatable bonds is 12. The van der Waals surface area contributed by atoms with Crippen LogP contribution in [-0.4, -0.2) is 107 Å². The summed E-state index contributed by atoms with van der Waals surface area (Å²) in [5.74, 6) is -4.24. The second-order valence-corrected chi connectivity index (χ2v) is 17.2. The fourth-order valence-electron chi connectivity index (χ4n) is 6.54. The monoisotopic (exact) mass is 676 g/mol. The largest absolute Gasteiger partial charge is 0.493 e. The third kappa shape index (κ3) is 6.15. The van der Waals surface area contributed by atoms with Gasteiger partial charge in [0.2, 0.25) is 23.6 Å². The van der Waals surface area contributed by atoms with E-state index in [4.69, 9.17) is 4.74 Å². The number of benzene rings is 1. The lowest BCUT2D eigenvalue weighted by Crippen LogP contribution is -2.71. The molecular weight excluding hydrogens is 636 g/mol. The maximum atomic E-state index is 13.7. The molecule has 1 aromatic rings. The van der Waals surface area contributed by atoms with Crippen molar-refractivity contribution in [1.29, 1.82) is 0 Å². The summed E-state index contributed by atoms with van der Waals surface area (Å²) in [7, 11) is 0. The van der Waals surface area contributed by atoms with Crippen molar-refractivity contribution in [2.75, 3.05) is 6.61 Å². The summed E-state index contributed by atoms with van der Waals surface area (Å²) in [4.78, 5) is 79.3. The first-order valence-corrected chi connectivity index (χ1v) is 17.0. The number of amides is 4. The van der Waals surface area contributed by atoms with Gasteiger partial charge < -0.3 is 35.4 Å². The van der Waals surface area contributed by atoms with Crippen molar-refractivity contribution in [3.63, 3.8) is 0 Å². The zero-order chi connectivity index (χ0) is 33.9. The molecule has 0 aliphatic carbocycles. The van der Waals surface area contributed by atoms with E-state index in [1.54, 1.807) is 52.0 Å². The molecule has 1 aromatic carbocycles. The topological polar surface area (TPSA) is 183 Å². The average molecular weight is 677 g/mol. The van der Waals surface area contributed by atoms with Crippen LogP contribution in [-0.2, 0) is 35.2 Å². The normalized spacial score (nSPS) is 29.3. The highest BCUT2D eigenvalue weighted by Gasteiger charge is 2.65. The highest BCUT2D eigenvalue weighted by Crippen LogP contribution is 2.52. The van der Waals surface area contributed by atoms with Crippen LogP contribution in [0.3, 0.4) is 0 Å². The minimum absolute atomic E-state index is 0.145. The lowest BCUT2D eigenvalue weighted by Gasteiger charge is -2.44. The maximum absolute atomic E-state index is 13.7. The Morgan fingerprint density at radius 3 is 1.78 bits per heavy atom. The molecule has 4 N–H and O–H groups in total. The Hall–Kier alpha value is -3.46. The molecule has 0 spiro atoms. The van der Waals surface area contributed by atoms with Gasteiger partial charge in [-0.3, -0.25) is 19.2 Å². The van der Waals surface area contributed by atoms with Gasteiger partial charge in [0.05, 0.1) is 12.5 Å². The van der Waals surface area contributed by atoms with E-state index in [-0.39, 0.29) is 12.8 Å². The summed E-state index contributed by atoms with van der Waals surface area (Å²) in [5.41, 5.74) is 0.747. The molecule has 13 nitrogen and oxygen atoms in total. The molecule has 0 saturated carbocycles. The molecule has 4 saturated heterocycles. The number of aliphatic carboxylic acids is 2. The van der Waals surface area contributed by atoms with Gasteiger partial charge in [-0.05, 0) is 57.7 Å². The number of nitrogens with zero attached hydrogens (tertiary/aromatic N) is 2. The molecule has 5 rings (SSSR count). The van der Waals surface area contributed by atoms with Gasteiger partial charge in [-0.2, -0.15) is 0 Å². The van der Waals surface area contributed by atoms with Crippen LogP contribution in [0.2, 0.25) is 0 Å². The number of carbonyl (C=O) groups excluding carboxylic acids is 4. The number of hydrogen-bond acceptors (Lipinski definition) is 9. The zero-order valence-corrected chi connectivity index (χ0v) is 28.1. The lowest BCUT2D eigenvalue weighted by atomic mass is 9.92. The molecule has 46 heavy (non-hydrogen) atoms. The summed E-state index contributed by atoms with van der Waals surface area (Å²) in [5, 5.41) is 23.8. The lowest BCUT2D eigenvalue weighted by molar-refractivity contribution is -0.161. The number of fused-ring (bicyclic) bond motifs is 2. The van der Waals surface area contributed by atoms with Gasteiger partial charge in [-0.25, -0.2) is 9.59 Å². The van der Waals surface area contributed by atoms with Gasteiger partial charge in [0, 0.05) is 15.9 Å². The molecule has 7 unspecified atom stereocenters. The maximum Gasteiger partial charge on any atom is 0.327 e. The third-order valence-electron chi connectivity index (χ3n) is 8.76. The Kier molecular flexibility index (Phi) is 9.05. The molecule has 250 valence electrons. The van der Waals surface area contributed by atoms with Crippen LogP contribution in [0.25, 0.3) is 0 Å². The first kappa shape index (κ1) is 33.9. The predicted molar refractivity (Wildman–Crippen MR) is 170 cm³/mol. The first-order chi connectivity index (χ1) is 21.4. The number of nitrogens with one attached hydrogen (secondary N) is 2. The molecule has 7 atom stereocenters. The summed E-state index contributed by atoms with van der Waals surface area (Å²) in [6, 6.07) is 3.25. The summed E-state index contributed by atoms with van der Waals surface area (Å²) >= 11 is 2.61. The van der Waals surface area contributed by atoms with Gasteiger partial charge >= 0.3 is 11.9 Å². The van der Waals surface area contributed by atoms with E-state index in [0.717, 1.165) is 5.56 Å². The second kappa shape index (κ2) is 12.3. The Balaban J connectivity index is 1.29. The summed E-state index contributed by atoms with van der Waals surface area (Å²) < 4.78 is 4.23. The van der Waals surface area contributed by atoms with Crippen LogP contribution in [0, 0.1) is 11.8 Å². The molecule has 4 amide bonds. The van der Waals surface area contributed by atoms with E-state index in [2.05, 4.69) is 10.6 Å². The smallest absolute Gasteiger partial charge is 0.327 e. The molecule has 4 fully saturated rings.